The second-order valence-corrected chi connectivity index (χ2v) is 7.99. The fourth-order valence-electron chi connectivity index (χ4n) is 2.00. The zero-order chi connectivity index (χ0) is 14.2. The lowest BCUT2D eigenvalue weighted by Gasteiger charge is -1.99. The third-order valence-electron chi connectivity index (χ3n) is 3.09. The summed E-state index contributed by atoms with van der Waals surface area (Å²) in [5.41, 5.74) is 2.79. The van der Waals surface area contributed by atoms with Gasteiger partial charge in [-0.15, -0.1) is 0 Å². The molecule has 3 nitrogen and oxygen atoms in total. The molecule has 0 unspecified atom stereocenters. The second-order valence-electron chi connectivity index (χ2n) is 4.76. The fourth-order valence-corrected chi connectivity index (χ4v) is 4.72. The first-order chi connectivity index (χ1) is 9.54. The summed E-state index contributed by atoms with van der Waals surface area (Å²) in [6.07, 6.45) is 0. The molecular formula is C15H14NO2S2+. The van der Waals surface area contributed by atoms with Crippen LogP contribution >= 0.6 is 11.3 Å². The number of hydrogen-bond acceptors (Lipinski definition) is 3. The highest BCUT2D eigenvalue weighted by Crippen LogP contribution is 2.24. The predicted molar refractivity (Wildman–Crippen MR) is 80.4 cm³/mol. The van der Waals surface area contributed by atoms with E-state index in [4.69, 9.17) is 0 Å². The lowest BCUT2D eigenvalue weighted by atomic mass is 10.2. The number of rotatable bonds is 3. The van der Waals surface area contributed by atoms with Crippen molar-refractivity contribution in [2.24, 2.45) is 0 Å². The average Bonchev–Trinajstić information content (AvgIpc) is 2.86. The third kappa shape index (κ3) is 2.59. The molecule has 3 rings (SSSR count). The van der Waals surface area contributed by atoms with Crippen LogP contribution in [-0.2, 0) is 15.6 Å². The van der Waals surface area contributed by atoms with Gasteiger partial charge in [-0.3, -0.25) is 0 Å². The second kappa shape index (κ2) is 5.00. The first-order valence-electron chi connectivity index (χ1n) is 6.24. The molecule has 5 heteroatoms. The number of aromatic nitrogens is 1. The Morgan fingerprint density at radius 3 is 2.45 bits per heavy atom. The van der Waals surface area contributed by atoms with Crippen LogP contribution in [0.4, 0.5) is 0 Å². The molecule has 0 radical (unpaired) electrons. The van der Waals surface area contributed by atoms with Crippen LogP contribution in [0.25, 0.3) is 10.2 Å². The van der Waals surface area contributed by atoms with Crippen LogP contribution in [0.5, 0.6) is 0 Å². The Hall–Kier alpha value is -1.72. The van der Waals surface area contributed by atoms with Crippen LogP contribution in [0.2, 0.25) is 0 Å². The van der Waals surface area contributed by atoms with E-state index in [0.717, 1.165) is 21.3 Å². The minimum Gasteiger partial charge on any atom is -0.216 e. The normalized spacial score (nSPS) is 11.8. The molecule has 102 valence electrons. The molecular weight excluding hydrogens is 290 g/mol. The molecule has 0 atom stereocenters. The SMILES string of the molecule is Cc1ccc(CS(=O)(=O)c2[nH+]c3ccccc3s2)cc1. The summed E-state index contributed by atoms with van der Waals surface area (Å²) in [5, 5.41) is 0. The monoisotopic (exact) mass is 304 g/mol. The lowest BCUT2D eigenvalue weighted by Crippen LogP contribution is -2.14. The quantitative estimate of drug-likeness (QED) is 0.747. The van der Waals surface area contributed by atoms with Crippen molar-refractivity contribution in [1.82, 2.24) is 0 Å². The minimum atomic E-state index is -3.33. The van der Waals surface area contributed by atoms with Crippen LogP contribution in [0.3, 0.4) is 0 Å². The van der Waals surface area contributed by atoms with Gasteiger partial charge in [0.05, 0.1) is 5.75 Å². The van der Waals surface area contributed by atoms with E-state index in [0.29, 0.717) is 4.34 Å². The van der Waals surface area contributed by atoms with E-state index in [1.807, 2.05) is 55.5 Å². The number of H-pyrrole nitrogens is 1. The lowest BCUT2D eigenvalue weighted by molar-refractivity contribution is -0.387. The number of aryl methyl sites for hydroxylation is 1. The first-order valence-corrected chi connectivity index (χ1v) is 8.71. The molecule has 0 saturated carbocycles. The Bertz CT molecular complexity index is 816. The highest BCUT2D eigenvalue weighted by molar-refractivity contribution is 7.92. The summed E-state index contributed by atoms with van der Waals surface area (Å²) in [4.78, 5) is 3.00. The minimum absolute atomic E-state index is 0.0244. The summed E-state index contributed by atoms with van der Waals surface area (Å²) in [6.45, 7) is 1.98. The van der Waals surface area contributed by atoms with E-state index in [1.54, 1.807) is 0 Å². The van der Waals surface area contributed by atoms with Gasteiger partial charge in [0.25, 0.3) is 9.84 Å². The van der Waals surface area contributed by atoms with E-state index in [1.165, 1.54) is 11.3 Å². The summed E-state index contributed by atoms with van der Waals surface area (Å²) in [7, 11) is -3.33. The van der Waals surface area contributed by atoms with Crippen molar-refractivity contribution < 1.29 is 13.4 Å². The van der Waals surface area contributed by atoms with E-state index >= 15 is 0 Å². The van der Waals surface area contributed by atoms with Crippen molar-refractivity contribution in [3.05, 3.63) is 59.7 Å². The van der Waals surface area contributed by atoms with E-state index in [-0.39, 0.29) is 5.75 Å². The van der Waals surface area contributed by atoms with Gasteiger partial charge in [-0.1, -0.05) is 42.0 Å². The van der Waals surface area contributed by atoms with Gasteiger partial charge in [0.2, 0.25) is 5.52 Å². The van der Waals surface area contributed by atoms with Gasteiger partial charge in [0, 0.05) is 6.07 Å². The fraction of sp³-hybridized carbons (Fsp3) is 0.133. The van der Waals surface area contributed by atoms with Gasteiger partial charge in [-0.2, -0.15) is 4.98 Å². The summed E-state index contributed by atoms with van der Waals surface area (Å²) >= 11 is 1.28. The van der Waals surface area contributed by atoms with Gasteiger partial charge < -0.3 is 0 Å². The van der Waals surface area contributed by atoms with Gasteiger partial charge in [0.15, 0.2) is 0 Å². The van der Waals surface area contributed by atoms with Crippen LogP contribution in [0.1, 0.15) is 11.1 Å². The Labute approximate surface area is 121 Å². The summed E-state index contributed by atoms with van der Waals surface area (Å²) in [6, 6.07) is 15.2. The number of nitrogens with one attached hydrogen (secondary N) is 1. The largest absolute Gasteiger partial charge is 0.354 e. The third-order valence-corrected chi connectivity index (χ3v) is 6.34. The van der Waals surface area contributed by atoms with Gasteiger partial charge >= 0.3 is 4.34 Å². The topological polar surface area (TPSA) is 48.3 Å². The van der Waals surface area contributed by atoms with Crippen molar-refractivity contribution in [3.63, 3.8) is 0 Å². The maximum Gasteiger partial charge on any atom is 0.354 e. The molecule has 1 heterocycles. The zero-order valence-corrected chi connectivity index (χ0v) is 12.6. The standard InChI is InChI=1S/C15H13NO2S2/c1-11-6-8-12(9-7-11)10-20(17,18)15-16-13-4-2-3-5-14(13)19-15/h2-9H,10H2,1H3/p+1. The molecule has 0 bridgehead atoms. The number of benzene rings is 2. The van der Waals surface area contributed by atoms with Crippen molar-refractivity contribution in [1.29, 1.82) is 0 Å². The smallest absolute Gasteiger partial charge is 0.216 e. The molecule has 20 heavy (non-hydrogen) atoms. The Morgan fingerprint density at radius 1 is 1.05 bits per heavy atom. The molecule has 3 aromatic rings. The summed E-state index contributed by atoms with van der Waals surface area (Å²) in [5.74, 6) is 0.0244. The van der Waals surface area contributed by atoms with Gasteiger partial charge in [-0.05, 0) is 29.9 Å². The van der Waals surface area contributed by atoms with Crippen molar-refractivity contribution in [3.8, 4) is 0 Å². The van der Waals surface area contributed by atoms with Crippen molar-refractivity contribution in [2.45, 2.75) is 17.0 Å². The van der Waals surface area contributed by atoms with Crippen LogP contribution in [-0.4, -0.2) is 8.42 Å². The molecule has 2 aromatic carbocycles. The van der Waals surface area contributed by atoms with Crippen molar-refractivity contribution >= 4 is 31.4 Å². The molecule has 1 aromatic heterocycles. The number of aromatic amines is 1. The molecule has 0 saturated heterocycles. The molecule has 1 N–H and O–H groups in total. The number of fused-ring (bicyclic) bond motifs is 1. The highest BCUT2D eigenvalue weighted by atomic mass is 32.2. The molecule has 0 aliphatic rings. The maximum absolute atomic E-state index is 12.4. The van der Waals surface area contributed by atoms with E-state index < -0.39 is 9.84 Å². The van der Waals surface area contributed by atoms with Gasteiger partial charge in [0.1, 0.15) is 4.70 Å². The molecule has 0 fully saturated rings. The zero-order valence-electron chi connectivity index (χ0n) is 11.0. The van der Waals surface area contributed by atoms with Crippen LogP contribution < -0.4 is 4.98 Å². The van der Waals surface area contributed by atoms with E-state index in [2.05, 4.69) is 4.98 Å². The molecule has 0 spiro atoms. The molecule has 0 aliphatic heterocycles. The predicted octanol–water partition coefficient (Wildman–Crippen LogP) is 3.00. The van der Waals surface area contributed by atoms with E-state index in [9.17, 15) is 8.42 Å². The van der Waals surface area contributed by atoms with Crippen LogP contribution in [0.15, 0.2) is 52.9 Å². The number of para-hydroxylation sites is 1. The number of sulfone groups is 1. The average molecular weight is 304 g/mol. The number of hydrogen-bond donors (Lipinski definition) is 0. The molecule has 0 amide bonds. The Morgan fingerprint density at radius 2 is 1.75 bits per heavy atom. The first kappa shape index (κ1) is 13.3. The maximum atomic E-state index is 12.4. The highest BCUT2D eigenvalue weighted by Gasteiger charge is 2.26. The van der Waals surface area contributed by atoms with Crippen molar-refractivity contribution in [2.75, 3.05) is 0 Å². The Balaban J connectivity index is 1.96. The van der Waals surface area contributed by atoms with Gasteiger partial charge in [-0.25, -0.2) is 8.42 Å². The molecule has 0 aliphatic carbocycles. The van der Waals surface area contributed by atoms with Crippen LogP contribution in [0, 0.1) is 6.92 Å². The Kier molecular flexibility index (Phi) is 3.31. The summed E-state index contributed by atoms with van der Waals surface area (Å²) < 4.78 is 26.1. The number of thiazole rings is 1.